The number of benzene rings is 1. The van der Waals surface area contributed by atoms with Gasteiger partial charge in [-0.1, -0.05) is 18.2 Å². The van der Waals surface area contributed by atoms with Crippen LogP contribution in [0.25, 0.3) is 0 Å². The Morgan fingerprint density at radius 3 is 2.46 bits per heavy atom. The molecule has 0 unspecified atom stereocenters. The second-order valence-corrected chi connectivity index (χ2v) is 7.25. The summed E-state index contributed by atoms with van der Waals surface area (Å²) in [5.74, 6) is 0.612. The van der Waals surface area contributed by atoms with E-state index in [1.807, 2.05) is 25.1 Å². The van der Waals surface area contributed by atoms with E-state index < -0.39 is 10.0 Å². The van der Waals surface area contributed by atoms with E-state index in [1.165, 1.54) is 10.5 Å². The predicted molar refractivity (Wildman–Crippen MR) is 95.8 cm³/mol. The van der Waals surface area contributed by atoms with E-state index in [0.717, 1.165) is 0 Å². The number of nitrogens with one attached hydrogen (secondary N) is 1. The number of rotatable bonds is 8. The van der Waals surface area contributed by atoms with Crippen LogP contribution in [0.4, 0.5) is 11.5 Å². The van der Waals surface area contributed by atoms with Crippen LogP contribution in [0, 0.1) is 0 Å². The minimum Gasteiger partial charge on any atom is -0.383 e. The van der Waals surface area contributed by atoms with Crippen molar-refractivity contribution in [2.24, 2.45) is 0 Å². The molecule has 1 heterocycles. The minimum absolute atomic E-state index is 0.0846. The van der Waals surface area contributed by atoms with Crippen molar-refractivity contribution in [3.8, 4) is 0 Å². The quantitative estimate of drug-likeness (QED) is 0.793. The van der Waals surface area contributed by atoms with Gasteiger partial charge in [-0.2, -0.15) is 0 Å². The highest BCUT2D eigenvalue weighted by atomic mass is 32.2. The van der Waals surface area contributed by atoms with Crippen molar-refractivity contribution >= 4 is 21.5 Å². The maximum absolute atomic E-state index is 12.8. The molecule has 1 atom stereocenters. The van der Waals surface area contributed by atoms with Crippen LogP contribution in [0.1, 0.15) is 13.8 Å². The van der Waals surface area contributed by atoms with Gasteiger partial charge in [0.2, 0.25) is 0 Å². The molecule has 130 valence electrons. The minimum atomic E-state index is -3.64. The molecule has 0 aliphatic rings. The lowest BCUT2D eigenvalue weighted by molar-refractivity contribution is 0.190. The summed E-state index contributed by atoms with van der Waals surface area (Å²) in [5, 5.41) is 3.15. The van der Waals surface area contributed by atoms with Crippen LogP contribution in [-0.4, -0.2) is 39.7 Å². The van der Waals surface area contributed by atoms with Gasteiger partial charge in [-0.15, -0.1) is 0 Å². The Hall–Kier alpha value is -2.12. The normalized spacial score (nSPS) is 12.6. The molecule has 1 aromatic heterocycles. The molecule has 24 heavy (non-hydrogen) atoms. The standard InChI is InChI=1S/C17H23N3O3S/c1-4-20(15-8-6-5-7-9-15)24(21,22)16-10-11-17(18-12-16)19-14(2)13-23-3/h5-12,14H,4,13H2,1-3H3,(H,18,19)/t14-/m1/s1. The van der Waals surface area contributed by atoms with Gasteiger partial charge in [-0.05, 0) is 38.1 Å². The van der Waals surface area contributed by atoms with Crippen LogP contribution < -0.4 is 9.62 Å². The third kappa shape index (κ3) is 4.24. The number of aromatic nitrogens is 1. The number of para-hydroxylation sites is 1. The Morgan fingerprint density at radius 1 is 1.21 bits per heavy atom. The summed E-state index contributed by atoms with van der Waals surface area (Å²) in [6.45, 7) is 4.65. The summed E-state index contributed by atoms with van der Waals surface area (Å²) in [7, 11) is -2.01. The SMILES string of the molecule is CCN(c1ccccc1)S(=O)(=O)c1ccc(N[C@H](C)COC)nc1. The third-order valence-corrected chi connectivity index (χ3v) is 5.35. The molecule has 0 amide bonds. The lowest BCUT2D eigenvalue weighted by Crippen LogP contribution is -2.30. The number of hydrogen-bond acceptors (Lipinski definition) is 5. The monoisotopic (exact) mass is 349 g/mol. The van der Waals surface area contributed by atoms with Crippen molar-refractivity contribution in [1.82, 2.24) is 4.98 Å². The summed E-state index contributed by atoms with van der Waals surface area (Å²) in [4.78, 5) is 4.37. The highest BCUT2D eigenvalue weighted by molar-refractivity contribution is 7.92. The maximum Gasteiger partial charge on any atom is 0.265 e. The average Bonchev–Trinajstić information content (AvgIpc) is 2.57. The van der Waals surface area contributed by atoms with E-state index >= 15 is 0 Å². The Balaban J connectivity index is 2.23. The molecule has 6 nitrogen and oxygen atoms in total. The Bertz CT molecular complexity index is 733. The zero-order valence-electron chi connectivity index (χ0n) is 14.1. The molecule has 7 heteroatoms. The van der Waals surface area contributed by atoms with Crippen molar-refractivity contribution in [2.75, 3.05) is 29.9 Å². The number of sulfonamides is 1. The lowest BCUT2D eigenvalue weighted by atomic mass is 10.3. The first-order valence-electron chi connectivity index (χ1n) is 7.78. The Kier molecular flexibility index (Phi) is 6.16. The van der Waals surface area contributed by atoms with Gasteiger partial charge in [-0.3, -0.25) is 4.31 Å². The van der Waals surface area contributed by atoms with Crippen LogP contribution in [0.3, 0.4) is 0 Å². The molecule has 2 aromatic rings. The summed E-state index contributed by atoms with van der Waals surface area (Å²) in [5.41, 5.74) is 0.635. The molecule has 0 radical (unpaired) electrons. The molecule has 0 saturated heterocycles. The van der Waals surface area contributed by atoms with Crippen LogP contribution in [0.2, 0.25) is 0 Å². The van der Waals surface area contributed by atoms with Crippen LogP contribution in [-0.2, 0) is 14.8 Å². The summed E-state index contributed by atoms with van der Waals surface area (Å²) < 4.78 is 32.1. The van der Waals surface area contributed by atoms with Gasteiger partial charge in [0, 0.05) is 25.9 Å². The predicted octanol–water partition coefficient (Wildman–Crippen LogP) is 2.74. The summed E-state index contributed by atoms with van der Waals surface area (Å²) in [6, 6.07) is 12.3. The number of anilines is 2. The number of ether oxygens (including phenoxy) is 1. The topological polar surface area (TPSA) is 71.5 Å². The zero-order valence-corrected chi connectivity index (χ0v) is 15.0. The van der Waals surface area contributed by atoms with Crippen LogP contribution >= 0.6 is 0 Å². The van der Waals surface area contributed by atoms with Gasteiger partial charge in [0.15, 0.2) is 0 Å². The van der Waals surface area contributed by atoms with Gasteiger partial charge < -0.3 is 10.1 Å². The first-order valence-corrected chi connectivity index (χ1v) is 9.22. The molecule has 0 spiro atoms. The van der Waals surface area contributed by atoms with E-state index in [0.29, 0.717) is 24.7 Å². The number of methoxy groups -OCH3 is 1. The lowest BCUT2D eigenvalue weighted by Gasteiger charge is -2.23. The Labute approximate surface area is 143 Å². The average molecular weight is 349 g/mol. The highest BCUT2D eigenvalue weighted by Crippen LogP contribution is 2.23. The van der Waals surface area contributed by atoms with Gasteiger partial charge >= 0.3 is 0 Å². The first-order chi connectivity index (χ1) is 11.5. The molecule has 1 N–H and O–H groups in total. The fourth-order valence-electron chi connectivity index (χ4n) is 2.38. The molecule has 0 aliphatic heterocycles. The smallest absolute Gasteiger partial charge is 0.265 e. The molecule has 0 saturated carbocycles. The number of nitrogens with zero attached hydrogens (tertiary/aromatic N) is 2. The van der Waals surface area contributed by atoms with E-state index in [9.17, 15) is 8.42 Å². The van der Waals surface area contributed by atoms with E-state index in [4.69, 9.17) is 4.74 Å². The number of hydrogen-bond donors (Lipinski definition) is 1. The Morgan fingerprint density at radius 2 is 1.92 bits per heavy atom. The molecular weight excluding hydrogens is 326 g/mol. The van der Waals surface area contributed by atoms with E-state index in [-0.39, 0.29) is 10.9 Å². The van der Waals surface area contributed by atoms with Gasteiger partial charge in [0.1, 0.15) is 10.7 Å². The van der Waals surface area contributed by atoms with Gasteiger partial charge in [0.25, 0.3) is 10.0 Å². The van der Waals surface area contributed by atoms with E-state index in [2.05, 4.69) is 10.3 Å². The third-order valence-electron chi connectivity index (χ3n) is 3.47. The fourth-order valence-corrected chi connectivity index (χ4v) is 3.79. The second-order valence-electron chi connectivity index (χ2n) is 5.39. The van der Waals surface area contributed by atoms with Crippen molar-refractivity contribution in [3.63, 3.8) is 0 Å². The summed E-state index contributed by atoms with van der Waals surface area (Å²) in [6.07, 6.45) is 1.38. The largest absolute Gasteiger partial charge is 0.383 e. The zero-order chi connectivity index (χ0) is 17.6. The molecular formula is C17H23N3O3S. The summed E-state index contributed by atoms with van der Waals surface area (Å²) >= 11 is 0. The maximum atomic E-state index is 12.8. The van der Waals surface area contributed by atoms with E-state index in [1.54, 1.807) is 38.3 Å². The van der Waals surface area contributed by atoms with Crippen molar-refractivity contribution in [2.45, 2.75) is 24.8 Å². The molecule has 2 rings (SSSR count). The molecule has 0 bridgehead atoms. The number of pyridine rings is 1. The van der Waals surface area contributed by atoms with Crippen LogP contribution in [0.5, 0.6) is 0 Å². The first kappa shape index (κ1) is 18.2. The van der Waals surface area contributed by atoms with Crippen molar-refractivity contribution in [1.29, 1.82) is 0 Å². The highest BCUT2D eigenvalue weighted by Gasteiger charge is 2.23. The van der Waals surface area contributed by atoms with Gasteiger partial charge in [0.05, 0.1) is 12.3 Å². The molecule has 1 aromatic carbocycles. The molecule has 0 fully saturated rings. The fraction of sp³-hybridized carbons (Fsp3) is 0.353. The van der Waals surface area contributed by atoms with Gasteiger partial charge in [-0.25, -0.2) is 13.4 Å². The van der Waals surface area contributed by atoms with Crippen molar-refractivity contribution < 1.29 is 13.2 Å². The van der Waals surface area contributed by atoms with Crippen LogP contribution in [0.15, 0.2) is 53.6 Å². The van der Waals surface area contributed by atoms with Crippen molar-refractivity contribution in [3.05, 3.63) is 48.7 Å². The second kappa shape index (κ2) is 8.12. The molecule has 0 aliphatic carbocycles.